The van der Waals surface area contributed by atoms with Crippen LogP contribution in [0.2, 0.25) is 0 Å². The van der Waals surface area contributed by atoms with Crippen molar-refractivity contribution in [3.63, 3.8) is 0 Å². The third-order valence-electron chi connectivity index (χ3n) is 2.86. The molecule has 0 atom stereocenters. The summed E-state index contributed by atoms with van der Waals surface area (Å²) in [5.41, 5.74) is 6.42. The van der Waals surface area contributed by atoms with Crippen LogP contribution in [-0.4, -0.2) is 19.2 Å². The fraction of sp³-hybridized carbons (Fsp3) is 0.533. The van der Waals surface area contributed by atoms with E-state index in [4.69, 9.17) is 10.5 Å². The minimum Gasteiger partial charge on any atom is -0.445 e. The Morgan fingerprint density at radius 3 is 2.40 bits per heavy atom. The van der Waals surface area contributed by atoms with Gasteiger partial charge in [0.25, 0.3) is 0 Å². The van der Waals surface area contributed by atoms with Gasteiger partial charge in [0.15, 0.2) is 0 Å². The Morgan fingerprint density at radius 2 is 1.70 bits per heavy atom. The maximum Gasteiger partial charge on any atom is 0.407 e. The lowest BCUT2D eigenvalue weighted by Gasteiger charge is -2.07. The Hall–Kier alpha value is -1.26. The molecule has 114 valence electrons. The van der Waals surface area contributed by atoms with E-state index in [2.05, 4.69) is 5.32 Å². The highest BCUT2D eigenvalue weighted by Gasteiger charge is 2.01. The second-order valence-corrected chi connectivity index (χ2v) is 4.54. The normalized spacial score (nSPS) is 9.65. The van der Waals surface area contributed by atoms with Crippen molar-refractivity contribution in [2.75, 3.05) is 13.1 Å². The predicted octanol–water partition coefficient (Wildman–Crippen LogP) is 3.24. The van der Waals surface area contributed by atoms with Gasteiger partial charge >= 0.3 is 6.09 Å². The zero-order valence-corrected chi connectivity index (χ0v) is 12.7. The van der Waals surface area contributed by atoms with E-state index in [-0.39, 0.29) is 18.5 Å². The number of alkyl carbamates (subject to hydrolysis) is 1. The average Bonchev–Trinajstić information content (AvgIpc) is 2.45. The van der Waals surface area contributed by atoms with E-state index in [0.717, 1.165) is 31.4 Å². The van der Waals surface area contributed by atoms with Gasteiger partial charge < -0.3 is 15.8 Å². The standard InChI is InChI=1S/C15H24N2O2.ClH/c16-11-7-2-1-3-8-12-17-15(18)19-13-14-9-5-4-6-10-14;/h4-6,9-10H,1-3,7-8,11-13,16H2,(H,17,18);1H. The zero-order valence-electron chi connectivity index (χ0n) is 11.8. The van der Waals surface area contributed by atoms with E-state index in [1.165, 1.54) is 12.8 Å². The summed E-state index contributed by atoms with van der Waals surface area (Å²) >= 11 is 0. The number of halogens is 1. The number of hydrogen-bond donors (Lipinski definition) is 2. The van der Waals surface area contributed by atoms with E-state index >= 15 is 0 Å². The maximum absolute atomic E-state index is 11.4. The summed E-state index contributed by atoms with van der Waals surface area (Å²) < 4.78 is 5.11. The van der Waals surface area contributed by atoms with Crippen LogP contribution in [0, 0.1) is 0 Å². The van der Waals surface area contributed by atoms with E-state index in [1.54, 1.807) is 0 Å². The van der Waals surface area contributed by atoms with Crippen molar-refractivity contribution in [1.29, 1.82) is 0 Å². The molecule has 0 heterocycles. The summed E-state index contributed by atoms with van der Waals surface area (Å²) in [6.07, 6.45) is 5.22. The van der Waals surface area contributed by atoms with Crippen LogP contribution in [0.5, 0.6) is 0 Å². The predicted molar refractivity (Wildman–Crippen MR) is 84.0 cm³/mol. The number of amides is 1. The van der Waals surface area contributed by atoms with Gasteiger partial charge in [-0.1, -0.05) is 49.6 Å². The molecule has 1 amide bonds. The molecule has 1 rings (SSSR count). The summed E-state index contributed by atoms with van der Waals surface area (Å²) in [5, 5.41) is 2.76. The minimum atomic E-state index is -0.342. The molecule has 0 bridgehead atoms. The second-order valence-electron chi connectivity index (χ2n) is 4.54. The molecule has 0 aliphatic carbocycles. The number of hydrogen-bond acceptors (Lipinski definition) is 3. The highest BCUT2D eigenvalue weighted by Crippen LogP contribution is 2.02. The Labute approximate surface area is 127 Å². The van der Waals surface area contributed by atoms with E-state index in [0.29, 0.717) is 13.2 Å². The van der Waals surface area contributed by atoms with Crippen molar-refractivity contribution in [3.8, 4) is 0 Å². The fourth-order valence-corrected chi connectivity index (χ4v) is 1.76. The molecule has 0 radical (unpaired) electrons. The molecule has 3 N–H and O–H groups in total. The SMILES string of the molecule is Cl.NCCCCCCCNC(=O)OCc1ccccc1. The summed E-state index contributed by atoms with van der Waals surface area (Å²) in [7, 11) is 0. The van der Waals surface area contributed by atoms with Crippen LogP contribution < -0.4 is 11.1 Å². The molecule has 20 heavy (non-hydrogen) atoms. The quantitative estimate of drug-likeness (QED) is 0.688. The molecule has 0 unspecified atom stereocenters. The molecule has 0 spiro atoms. The lowest BCUT2D eigenvalue weighted by atomic mass is 10.1. The number of nitrogens with two attached hydrogens (primary N) is 1. The molecule has 0 aliphatic heterocycles. The minimum absolute atomic E-state index is 0. The smallest absolute Gasteiger partial charge is 0.407 e. The largest absolute Gasteiger partial charge is 0.445 e. The lowest BCUT2D eigenvalue weighted by molar-refractivity contribution is 0.139. The first-order valence-electron chi connectivity index (χ1n) is 6.97. The third kappa shape index (κ3) is 9.64. The molecular weight excluding hydrogens is 276 g/mol. The highest BCUT2D eigenvalue weighted by molar-refractivity contribution is 5.85. The van der Waals surface area contributed by atoms with E-state index in [1.807, 2.05) is 30.3 Å². The second kappa shape index (κ2) is 12.8. The summed E-state index contributed by atoms with van der Waals surface area (Å²) in [5.74, 6) is 0. The zero-order chi connectivity index (χ0) is 13.8. The first-order chi connectivity index (χ1) is 9.33. The maximum atomic E-state index is 11.4. The van der Waals surface area contributed by atoms with Gasteiger partial charge in [-0.3, -0.25) is 0 Å². The molecule has 0 saturated carbocycles. The Bertz CT molecular complexity index is 347. The number of benzene rings is 1. The van der Waals surface area contributed by atoms with Crippen molar-refractivity contribution < 1.29 is 9.53 Å². The first kappa shape index (κ1) is 18.7. The van der Waals surface area contributed by atoms with E-state index in [9.17, 15) is 4.79 Å². The summed E-state index contributed by atoms with van der Waals surface area (Å²) in [6.45, 7) is 1.77. The van der Waals surface area contributed by atoms with E-state index < -0.39 is 0 Å². The molecule has 1 aromatic carbocycles. The number of unbranched alkanes of at least 4 members (excludes halogenated alkanes) is 4. The van der Waals surface area contributed by atoms with Crippen molar-refractivity contribution in [3.05, 3.63) is 35.9 Å². The Morgan fingerprint density at radius 1 is 1.05 bits per heavy atom. The topological polar surface area (TPSA) is 64.3 Å². The third-order valence-corrected chi connectivity index (χ3v) is 2.86. The summed E-state index contributed by atoms with van der Waals surface area (Å²) in [6, 6.07) is 9.67. The van der Waals surface area contributed by atoms with Crippen molar-refractivity contribution in [2.45, 2.75) is 38.7 Å². The monoisotopic (exact) mass is 300 g/mol. The number of carbonyl (C=O) groups is 1. The van der Waals surface area contributed by atoms with Gasteiger partial charge in [0.2, 0.25) is 0 Å². The van der Waals surface area contributed by atoms with Crippen LogP contribution >= 0.6 is 12.4 Å². The Kier molecular flexibility index (Phi) is 12.0. The van der Waals surface area contributed by atoms with Crippen LogP contribution in [0.25, 0.3) is 0 Å². The number of ether oxygens (including phenoxy) is 1. The van der Waals surface area contributed by atoms with Crippen molar-refractivity contribution >= 4 is 18.5 Å². The van der Waals surface area contributed by atoms with Gasteiger partial charge in [0.05, 0.1) is 0 Å². The molecule has 0 fully saturated rings. The fourth-order valence-electron chi connectivity index (χ4n) is 1.76. The first-order valence-corrected chi connectivity index (χ1v) is 6.97. The van der Waals surface area contributed by atoms with Gasteiger partial charge in [0.1, 0.15) is 6.61 Å². The molecular formula is C15H25ClN2O2. The van der Waals surface area contributed by atoms with Crippen LogP contribution in [0.1, 0.15) is 37.7 Å². The van der Waals surface area contributed by atoms with Gasteiger partial charge in [0, 0.05) is 6.54 Å². The van der Waals surface area contributed by atoms with Crippen LogP contribution in [0.4, 0.5) is 4.79 Å². The molecule has 4 nitrogen and oxygen atoms in total. The van der Waals surface area contributed by atoms with Crippen molar-refractivity contribution in [1.82, 2.24) is 5.32 Å². The average molecular weight is 301 g/mol. The highest BCUT2D eigenvalue weighted by atomic mass is 35.5. The Balaban J connectivity index is 0.00000361. The van der Waals surface area contributed by atoms with Crippen LogP contribution in [-0.2, 0) is 11.3 Å². The number of nitrogens with one attached hydrogen (secondary N) is 1. The molecule has 1 aromatic rings. The van der Waals surface area contributed by atoms with Crippen LogP contribution in [0.3, 0.4) is 0 Å². The van der Waals surface area contributed by atoms with Gasteiger partial charge in [-0.05, 0) is 24.9 Å². The van der Waals surface area contributed by atoms with Crippen molar-refractivity contribution in [2.24, 2.45) is 5.73 Å². The number of rotatable bonds is 9. The molecule has 0 aromatic heterocycles. The molecule has 0 aliphatic rings. The van der Waals surface area contributed by atoms with Crippen LogP contribution in [0.15, 0.2) is 30.3 Å². The summed E-state index contributed by atoms with van der Waals surface area (Å²) in [4.78, 5) is 11.4. The molecule has 0 saturated heterocycles. The number of carbonyl (C=O) groups excluding carboxylic acids is 1. The molecule has 5 heteroatoms. The van der Waals surface area contributed by atoms with Gasteiger partial charge in [-0.15, -0.1) is 12.4 Å². The van der Waals surface area contributed by atoms with Gasteiger partial charge in [-0.25, -0.2) is 4.79 Å². The van der Waals surface area contributed by atoms with Gasteiger partial charge in [-0.2, -0.15) is 0 Å². The lowest BCUT2D eigenvalue weighted by Crippen LogP contribution is -2.25.